The first kappa shape index (κ1) is 20.9. The molecule has 1 atom stereocenters. The van der Waals surface area contributed by atoms with Crippen LogP contribution >= 0.6 is 11.6 Å². The van der Waals surface area contributed by atoms with E-state index in [9.17, 15) is 13.2 Å². The van der Waals surface area contributed by atoms with Crippen molar-refractivity contribution in [3.8, 4) is 0 Å². The Bertz CT molecular complexity index is 1090. The number of nitrogens with one attached hydrogen (secondary N) is 2. The molecule has 0 saturated heterocycles. The Kier molecular flexibility index (Phi) is 6.56. The van der Waals surface area contributed by atoms with Gasteiger partial charge in [0, 0.05) is 5.56 Å². The molecule has 7 heteroatoms. The zero-order chi connectivity index (χ0) is 20.9. The second kappa shape index (κ2) is 9.11. The van der Waals surface area contributed by atoms with Crippen molar-refractivity contribution in [3.05, 3.63) is 95.0 Å². The molecule has 2 N–H and O–H groups in total. The first-order valence-corrected chi connectivity index (χ1v) is 11.0. The van der Waals surface area contributed by atoms with Crippen molar-refractivity contribution in [1.82, 2.24) is 5.32 Å². The first-order chi connectivity index (χ1) is 13.9. The van der Waals surface area contributed by atoms with Gasteiger partial charge in [-0.05, 0) is 42.3 Å². The summed E-state index contributed by atoms with van der Waals surface area (Å²) in [5.41, 5.74) is 1.58. The molecule has 0 unspecified atom stereocenters. The molecule has 0 fully saturated rings. The molecule has 3 aromatic rings. The minimum absolute atomic E-state index is 0.126. The molecule has 0 aromatic heterocycles. The number of hydrogen-bond acceptors (Lipinski definition) is 3. The Morgan fingerprint density at radius 1 is 0.966 bits per heavy atom. The lowest BCUT2D eigenvalue weighted by Gasteiger charge is -2.18. The van der Waals surface area contributed by atoms with Gasteiger partial charge >= 0.3 is 0 Å². The van der Waals surface area contributed by atoms with Crippen molar-refractivity contribution >= 4 is 33.2 Å². The van der Waals surface area contributed by atoms with Crippen LogP contribution in [0.15, 0.2) is 83.8 Å². The Morgan fingerprint density at radius 3 is 2.17 bits per heavy atom. The average Bonchev–Trinajstić information content (AvgIpc) is 2.74. The van der Waals surface area contributed by atoms with Crippen LogP contribution in [-0.2, 0) is 10.0 Å². The van der Waals surface area contributed by atoms with Crippen LogP contribution in [0.5, 0.6) is 0 Å². The molecule has 0 saturated carbocycles. The van der Waals surface area contributed by atoms with Crippen LogP contribution in [0.3, 0.4) is 0 Å². The molecule has 0 aliphatic rings. The average molecular weight is 429 g/mol. The van der Waals surface area contributed by atoms with E-state index in [1.807, 2.05) is 37.3 Å². The number of halogens is 1. The lowest BCUT2D eigenvalue weighted by molar-refractivity contribution is 0.0935. The van der Waals surface area contributed by atoms with Crippen LogP contribution in [0.25, 0.3) is 0 Å². The molecule has 1 amide bonds. The van der Waals surface area contributed by atoms with E-state index in [0.717, 1.165) is 12.0 Å². The number of carbonyl (C=O) groups excluding carboxylic acids is 1. The van der Waals surface area contributed by atoms with Gasteiger partial charge in [-0.15, -0.1) is 0 Å². The van der Waals surface area contributed by atoms with E-state index in [4.69, 9.17) is 11.6 Å². The molecule has 3 aromatic carbocycles. The number of carbonyl (C=O) groups is 1. The third-order valence-electron chi connectivity index (χ3n) is 4.44. The summed E-state index contributed by atoms with van der Waals surface area (Å²) in [4.78, 5) is 12.8. The summed E-state index contributed by atoms with van der Waals surface area (Å²) in [6.45, 7) is 1.99. The molecular formula is C22H21ClN2O3S. The topological polar surface area (TPSA) is 75.3 Å². The molecule has 0 aliphatic heterocycles. The molecule has 0 spiro atoms. The van der Waals surface area contributed by atoms with Crippen LogP contribution in [0.4, 0.5) is 5.69 Å². The van der Waals surface area contributed by atoms with Gasteiger partial charge in [-0.1, -0.05) is 67.1 Å². The highest BCUT2D eigenvalue weighted by atomic mass is 35.5. The fraction of sp³-hybridized carbons (Fsp3) is 0.136. The Morgan fingerprint density at radius 2 is 1.59 bits per heavy atom. The summed E-state index contributed by atoms with van der Waals surface area (Å²) < 4.78 is 27.4. The van der Waals surface area contributed by atoms with Crippen molar-refractivity contribution in [3.63, 3.8) is 0 Å². The SMILES string of the molecule is CC[C@@H](NC(=O)c1ccc(NS(=O)(=O)c2ccccc2)c(Cl)c1)c1ccccc1. The predicted molar refractivity (Wildman–Crippen MR) is 116 cm³/mol. The summed E-state index contributed by atoms with van der Waals surface area (Å²) in [5, 5.41) is 3.13. The predicted octanol–water partition coefficient (Wildman–Crippen LogP) is 5.02. The normalized spacial score (nSPS) is 12.2. The Hall–Kier alpha value is -2.83. The lowest BCUT2D eigenvalue weighted by Crippen LogP contribution is -2.28. The number of rotatable bonds is 7. The maximum atomic E-state index is 12.6. The van der Waals surface area contributed by atoms with E-state index in [2.05, 4.69) is 10.0 Å². The maximum Gasteiger partial charge on any atom is 0.261 e. The van der Waals surface area contributed by atoms with Gasteiger partial charge in [0.05, 0.1) is 21.6 Å². The number of sulfonamides is 1. The van der Waals surface area contributed by atoms with E-state index < -0.39 is 10.0 Å². The van der Waals surface area contributed by atoms with E-state index in [1.54, 1.807) is 24.3 Å². The van der Waals surface area contributed by atoms with Gasteiger partial charge in [-0.3, -0.25) is 9.52 Å². The third-order valence-corrected chi connectivity index (χ3v) is 6.14. The van der Waals surface area contributed by atoms with E-state index in [0.29, 0.717) is 5.56 Å². The maximum absolute atomic E-state index is 12.6. The Balaban J connectivity index is 1.76. The van der Waals surface area contributed by atoms with Crippen LogP contribution in [0.1, 0.15) is 35.3 Å². The molecular weight excluding hydrogens is 408 g/mol. The molecule has 5 nitrogen and oxygen atoms in total. The van der Waals surface area contributed by atoms with Crippen LogP contribution in [0.2, 0.25) is 5.02 Å². The summed E-state index contributed by atoms with van der Waals surface area (Å²) in [7, 11) is -3.76. The highest BCUT2D eigenvalue weighted by Gasteiger charge is 2.18. The Labute approximate surface area is 175 Å². The quantitative estimate of drug-likeness (QED) is 0.554. The largest absolute Gasteiger partial charge is 0.345 e. The number of benzene rings is 3. The van der Waals surface area contributed by atoms with Crippen LogP contribution in [0, 0.1) is 0 Å². The summed E-state index contributed by atoms with van der Waals surface area (Å²) in [5.74, 6) is -0.278. The summed E-state index contributed by atoms with van der Waals surface area (Å²) in [6.07, 6.45) is 0.735. The van der Waals surface area contributed by atoms with Gasteiger partial charge in [-0.2, -0.15) is 0 Å². The highest BCUT2D eigenvalue weighted by Crippen LogP contribution is 2.26. The van der Waals surface area contributed by atoms with Gasteiger partial charge in [0.25, 0.3) is 15.9 Å². The summed E-state index contributed by atoms with van der Waals surface area (Å²) >= 11 is 6.25. The first-order valence-electron chi connectivity index (χ1n) is 9.14. The molecule has 0 aliphatic carbocycles. The number of amides is 1. The van der Waals surface area contributed by atoms with Gasteiger partial charge in [0.2, 0.25) is 0 Å². The van der Waals surface area contributed by atoms with Gasteiger partial charge in [-0.25, -0.2) is 8.42 Å². The number of hydrogen-bond donors (Lipinski definition) is 2. The second-order valence-corrected chi connectivity index (χ2v) is 8.55. The minimum atomic E-state index is -3.76. The van der Waals surface area contributed by atoms with Gasteiger partial charge < -0.3 is 5.32 Å². The highest BCUT2D eigenvalue weighted by molar-refractivity contribution is 7.92. The van der Waals surface area contributed by atoms with Gasteiger partial charge in [0.15, 0.2) is 0 Å². The zero-order valence-corrected chi connectivity index (χ0v) is 17.4. The van der Waals surface area contributed by atoms with Crippen LogP contribution < -0.4 is 10.0 Å². The lowest BCUT2D eigenvalue weighted by atomic mass is 10.0. The van der Waals surface area contributed by atoms with Crippen molar-refractivity contribution in [2.24, 2.45) is 0 Å². The van der Waals surface area contributed by atoms with Gasteiger partial charge in [0.1, 0.15) is 0 Å². The standard InChI is InChI=1S/C22H21ClN2O3S/c1-2-20(16-9-5-3-6-10-16)24-22(26)17-13-14-21(19(23)15-17)25-29(27,28)18-11-7-4-8-12-18/h3-15,20,25H,2H2,1H3,(H,24,26)/t20-/m1/s1. The second-order valence-electron chi connectivity index (χ2n) is 6.46. The van der Waals surface area contributed by atoms with Crippen molar-refractivity contribution in [1.29, 1.82) is 0 Å². The number of anilines is 1. The monoisotopic (exact) mass is 428 g/mol. The van der Waals surface area contributed by atoms with Crippen LogP contribution in [-0.4, -0.2) is 14.3 Å². The molecule has 3 rings (SSSR count). The van der Waals surface area contributed by atoms with Crippen molar-refractivity contribution in [2.45, 2.75) is 24.3 Å². The molecule has 150 valence electrons. The third kappa shape index (κ3) is 5.16. The van der Waals surface area contributed by atoms with E-state index in [-0.39, 0.29) is 27.6 Å². The fourth-order valence-corrected chi connectivity index (χ4v) is 4.28. The fourth-order valence-electron chi connectivity index (χ4n) is 2.89. The minimum Gasteiger partial charge on any atom is -0.345 e. The van der Waals surface area contributed by atoms with Crippen molar-refractivity contribution in [2.75, 3.05) is 4.72 Å². The zero-order valence-electron chi connectivity index (χ0n) is 15.8. The molecule has 0 bridgehead atoms. The van der Waals surface area contributed by atoms with E-state index in [1.165, 1.54) is 24.3 Å². The summed E-state index contributed by atoms with van der Waals surface area (Å²) in [6, 6.07) is 22.1. The molecule has 0 radical (unpaired) electrons. The molecule has 0 heterocycles. The van der Waals surface area contributed by atoms with E-state index >= 15 is 0 Å². The van der Waals surface area contributed by atoms with Crippen molar-refractivity contribution < 1.29 is 13.2 Å². The molecule has 29 heavy (non-hydrogen) atoms. The smallest absolute Gasteiger partial charge is 0.261 e.